The predicted octanol–water partition coefficient (Wildman–Crippen LogP) is -1.16. The molecule has 0 atom stereocenters. The summed E-state index contributed by atoms with van der Waals surface area (Å²) in [4.78, 5) is 7.69. The van der Waals surface area contributed by atoms with E-state index < -0.39 is 0 Å². The van der Waals surface area contributed by atoms with Gasteiger partial charge in [0.1, 0.15) is 0 Å². The van der Waals surface area contributed by atoms with Crippen LogP contribution in [0, 0.1) is 0 Å². The van der Waals surface area contributed by atoms with Gasteiger partial charge in [-0.1, -0.05) is 0 Å². The average Bonchev–Trinajstić information content (AvgIpc) is 3.09. The van der Waals surface area contributed by atoms with Gasteiger partial charge in [-0.15, -0.1) is 0 Å². The van der Waals surface area contributed by atoms with Crippen molar-refractivity contribution in [1.82, 2.24) is 21.3 Å². The number of hydrogen-bond donors (Lipinski definition) is 4. The fraction of sp³-hybridized carbons (Fsp3) is 0.556. The normalized spacial score (nSPS) is 19.2. The van der Waals surface area contributed by atoms with Crippen LogP contribution in [0.4, 0.5) is 0 Å². The molecule has 0 unspecified atom stereocenters. The van der Waals surface area contributed by atoms with Gasteiger partial charge in [-0.3, -0.25) is 15.3 Å². The molecule has 0 saturated heterocycles. The zero-order chi connectivity index (χ0) is 10.6. The van der Waals surface area contributed by atoms with Crippen molar-refractivity contribution in [2.24, 2.45) is 9.98 Å². The minimum Gasteiger partial charge on any atom is -0.375 e. The highest BCUT2D eigenvalue weighted by Crippen LogP contribution is 1.68. The van der Waals surface area contributed by atoms with E-state index in [2.05, 4.69) is 31.3 Å². The summed E-state index contributed by atoms with van der Waals surface area (Å²) in [7, 11) is 0. The van der Waals surface area contributed by atoms with Crippen molar-refractivity contribution in [3.8, 4) is 0 Å². The van der Waals surface area contributed by atoms with E-state index in [1.807, 2.05) is 18.6 Å². The molecule has 4 N–H and O–H groups in total. The molecule has 3 aliphatic rings. The molecule has 0 radical (unpaired) electrons. The van der Waals surface area contributed by atoms with Gasteiger partial charge >= 0.3 is 0 Å². The van der Waals surface area contributed by atoms with E-state index >= 15 is 0 Å². The Hall–Kier alpha value is -1.56. The Morgan fingerprint density at radius 1 is 1.00 bits per heavy atom. The lowest BCUT2D eigenvalue weighted by molar-refractivity contribution is 0.836. The Labute approximate surface area is 90.0 Å². The summed E-state index contributed by atoms with van der Waals surface area (Å²) in [6.07, 6.45) is 7.36. The maximum atomic E-state index is 3.85. The van der Waals surface area contributed by atoms with Crippen LogP contribution in [0.3, 0.4) is 0 Å². The van der Waals surface area contributed by atoms with Gasteiger partial charge in [0.05, 0.1) is 26.2 Å². The second kappa shape index (κ2) is 9.01. The molecule has 3 heterocycles. The largest absolute Gasteiger partial charge is 0.375 e. The van der Waals surface area contributed by atoms with Gasteiger partial charge in [0.2, 0.25) is 0 Å². The molecule has 0 amide bonds. The summed E-state index contributed by atoms with van der Waals surface area (Å²) in [6.45, 7) is 4.65. The Kier molecular flexibility index (Phi) is 6.92. The second-order valence-electron chi connectivity index (χ2n) is 2.89. The van der Waals surface area contributed by atoms with Crippen molar-refractivity contribution in [1.29, 1.82) is 0 Å². The lowest BCUT2D eigenvalue weighted by Crippen LogP contribution is -2.10. The molecule has 0 aromatic rings. The predicted molar refractivity (Wildman–Crippen MR) is 63.0 cm³/mol. The summed E-state index contributed by atoms with van der Waals surface area (Å²) < 4.78 is 0. The fourth-order valence-electron chi connectivity index (χ4n) is 0.940. The molecule has 0 saturated carbocycles. The van der Waals surface area contributed by atoms with Gasteiger partial charge in [0.15, 0.2) is 0 Å². The van der Waals surface area contributed by atoms with Crippen LogP contribution in [-0.2, 0) is 0 Å². The highest BCUT2D eigenvalue weighted by Gasteiger charge is 1.83. The van der Waals surface area contributed by atoms with Gasteiger partial charge in [-0.2, -0.15) is 0 Å². The second-order valence-corrected chi connectivity index (χ2v) is 2.89. The Morgan fingerprint density at radius 3 is 2.07 bits per heavy atom. The van der Waals surface area contributed by atoms with Gasteiger partial charge < -0.3 is 16.0 Å². The number of rotatable bonds is 0. The minimum atomic E-state index is 0.819. The van der Waals surface area contributed by atoms with Crippen molar-refractivity contribution in [3.63, 3.8) is 0 Å². The first-order chi connectivity index (χ1) is 7.50. The molecule has 0 aromatic carbocycles. The standard InChI is InChI=1S/3C3H6N2/c3*1-2-5-3-4-1/h3H,1-2H2,(H,4,5);1,5H,2-3H2;1-2,4-5H,3H2. The van der Waals surface area contributed by atoms with E-state index in [1.54, 1.807) is 6.34 Å². The minimum absolute atomic E-state index is 0.819. The molecule has 6 nitrogen and oxygen atoms in total. The molecular formula is C9H18N6. The third kappa shape index (κ3) is 7.51. The van der Waals surface area contributed by atoms with E-state index in [4.69, 9.17) is 0 Å². The molecule has 6 heteroatoms. The fourth-order valence-corrected chi connectivity index (χ4v) is 0.940. The Bertz CT molecular complexity index is 167. The lowest BCUT2D eigenvalue weighted by Gasteiger charge is -1.82. The summed E-state index contributed by atoms with van der Waals surface area (Å²) in [5.41, 5.74) is 0. The van der Waals surface area contributed by atoms with Crippen molar-refractivity contribution in [2.75, 3.05) is 33.0 Å². The van der Waals surface area contributed by atoms with Crippen molar-refractivity contribution in [3.05, 3.63) is 12.4 Å². The average molecular weight is 210 g/mol. The zero-order valence-corrected chi connectivity index (χ0v) is 8.74. The lowest BCUT2D eigenvalue weighted by atomic mass is 10.7. The van der Waals surface area contributed by atoms with Crippen molar-refractivity contribution < 1.29 is 0 Å². The molecule has 0 bridgehead atoms. The summed E-state index contributed by atoms with van der Waals surface area (Å²) in [5.74, 6) is 0. The molecule has 0 spiro atoms. The molecule has 0 fully saturated rings. The van der Waals surface area contributed by atoms with Crippen LogP contribution < -0.4 is 21.3 Å². The number of aliphatic imine (C=N–C) groups is 2. The van der Waals surface area contributed by atoms with E-state index in [1.165, 1.54) is 0 Å². The van der Waals surface area contributed by atoms with E-state index in [-0.39, 0.29) is 0 Å². The first kappa shape index (κ1) is 11.5. The summed E-state index contributed by atoms with van der Waals surface area (Å²) >= 11 is 0. The molecule has 3 rings (SSSR count). The molecule has 15 heavy (non-hydrogen) atoms. The van der Waals surface area contributed by atoms with E-state index in [9.17, 15) is 0 Å². The van der Waals surface area contributed by atoms with E-state index in [0.717, 1.165) is 33.0 Å². The Balaban J connectivity index is 0.000000112. The van der Waals surface area contributed by atoms with Crippen LogP contribution in [0.15, 0.2) is 22.4 Å². The highest BCUT2D eigenvalue weighted by molar-refractivity contribution is 5.61. The monoisotopic (exact) mass is 210 g/mol. The number of hydrogen-bond acceptors (Lipinski definition) is 6. The summed E-state index contributed by atoms with van der Waals surface area (Å²) in [5, 5.41) is 11.8. The van der Waals surface area contributed by atoms with Crippen LogP contribution in [-0.4, -0.2) is 45.5 Å². The first-order valence-corrected chi connectivity index (χ1v) is 5.02. The maximum absolute atomic E-state index is 3.85. The third-order valence-corrected chi connectivity index (χ3v) is 1.66. The Morgan fingerprint density at radius 2 is 1.87 bits per heavy atom. The highest BCUT2D eigenvalue weighted by atomic mass is 15.1. The molecule has 0 aliphatic carbocycles. The number of nitrogens with zero attached hydrogens (tertiary/aromatic N) is 2. The first-order valence-electron chi connectivity index (χ1n) is 5.02. The smallest absolute Gasteiger partial charge is 0.0883 e. The van der Waals surface area contributed by atoms with Gasteiger partial charge in [-0.05, 0) is 0 Å². The van der Waals surface area contributed by atoms with Crippen LogP contribution in [0.1, 0.15) is 0 Å². The maximum Gasteiger partial charge on any atom is 0.0883 e. The van der Waals surface area contributed by atoms with Gasteiger partial charge in [0, 0.05) is 31.7 Å². The van der Waals surface area contributed by atoms with Crippen molar-refractivity contribution in [2.45, 2.75) is 0 Å². The van der Waals surface area contributed by atoms with Crippen LogP contribution in [0.25, 0.3) is 0 Å². The summed E-state index contributed by atoms with van der Waals surface area (Å²) in [6, 6.07) is 0. The topological polar surface area (TPSA) is 72.8 Å². The van der Waals surface area contributed by atoms with E-state index in [0.29, 0.717) is 0 Å². The quantitative estimate of drug-likeness (QED) is 0.407. The SMILES string of the molecule is C1=CNCN1.C1=NCCN1.C1=NCNC1. The molecule has 84 valence electrons. The number of nitrogens with one attached hydrogen (secondary N) is 4. The van der Waals surface area contributed by atoms with Crippen LogP contribution in [0.5, 0.6) is 0 Å². The molecular weight excluding hydrogens is 192 g/mol. The van der Waals surface area contributed by atoms with Crippen molar-refractivity contribution >= 4 is 12.6 Å². The molecule has 3 aliphatic heterocycles. The molecule has 0 aromatic heterocycles. The van der Waals surface area contributed by atoms with Gasteiger partial charge in [-0.25, -0.2) is 0 Å². The van der Waals surface area contributed by atoms with Crippen LogP contribution >= 0.6 is 0 Å². The third-order valence-electron chi connectivity index (χ3n) is 1.66. The van der Waals surface area contributed by atoms with Crippen LogP contribution in [0.2, 0.25) is 0 Å². The zero-order valence-electron chi connectivity index (χ0n) is 8.74. The van der Waals surface area contributed by atoms with Gasteiger partial charge in [0.25, 0.3) is 0 Å².